The summed E-state index contributed by atoms with van der Waals surface area (Å²) in [4.78, 5) is 0. The van der Waals surface area contributed by atoms with E-state index in [1.807, 2.05) is 12.5 Å². The van der Waals surface area contributed by atoms with Crippen LogP contribution in [0, 0.1) is 17.8 Å². The zero-order valence-corrected chi connectivity index (χ0v) is 3.22. The van der Waals surface area contributed by atoms with Crippen LogP contribution in [0.5, 0.6) is 0 Å². The molecule has 1 atom stereocenters. The third-order valence-corrected chi connectivity index (χ3v) is 0.713. The molecule has 1 aliphatic heterocycles. The molecule has 0 amide bonds. The van der Waals surface area contributed by atoms with Crippen LogP contribution in [0.15, 0.2) is 0 Å². The third kappa shape index (κ3) is 0.373. The molecule has 0 spiro atoms. The summed E-state index contributed by atoms with van der Waals surface area (Å²) in [6.07, 6.45) is 1.62. The first-order valence-electron chi connectivity index (χ1n) is 1.78. The molecule has 0 aromatic carbocycles. The van der Waals surface area contributed by atoms with Crippen LogP contribution in [0.2, 0.25) is 0 Å². The first-order valence-corrected chi connectivity index (χ1v) is 1.78. The van der Waals surface area contributed by atoms with Crippen molar-refractivity contribution in [2.24, 2.45) is 0 Å². The minimum Gasteiger partial charge on any atom is -0.362 e. The van der Waals surface area contributed by atoms with Crippen molar-refractivity contribution in [3.63, 3.8) is 0 Å². The Labute approximate surface area is 36.3 Å². The average molecular weight is 82.1 g/mol. The number of rotatable bonds is 0. The summed E-state index contributed by atoms with van der Waals surface area (Å²) in [6.45, 7) is 0.651. The van der Waals surface area contributed by atoms with Crippen LogP contribution in [-0.2, 0) is 4.74 Å². The van der Waals surface area contributed by atoms with Crippen molar-refractivity contribution in [1.82, 2.24) is 0 Å². The van der Waals surface area contributed by atoms with Gasteiger partial charge in [-0.3, -0.25) is 0 Å². The summed E-state index contributed by atoms with van der Waals surface area (Å²) >= 11 is 0. The molecule has 0 bridgehead atoms. The van der Waals surface area contributed by atoms with Crippen molar-refractivity contribution in [3.8, 4) is 6.07 Å². The lowest BCUT2D eigenvalue weighted by Crippen LogP contribution is -2.25. The Bertz CT molecular complexity index is 80.0. The largest absolute Gasteiger partial charge is 0.362 e. The van der Waals surface area contributed by atoms with E-state index in [0.717, 1.165) is 0 Å². The molecule has 1 radical (unpaired) electrons. The van der Waals surface area contributed by atoms with E-state index in [-0.39, 0.29) is 6.10 Å². The first kappa shape index (κ1) is 3.63. The van der Waals surface area contributed by atoms with Crippen LogP contribution < -0.4 is 0 Å². The van der Waals surface area contributed by atoms with Crippen molar-refractivity contribution in [3.05, 3.63) is 6.42 Å². The van der Waals surface area contributed by atoms with E-state index in [2.05, 4.69) is 4.74 Å². The third-order valence-electron chi connectivity index (χ3n) is 0.713. The molecule has 1 saturated heterocycles. The van der Waals surface area contributed by atoms with Crippen molar-refractivity contribution in [1.29, 1.82) is 5.26 Å². The van der Waals surface area contributed by atoms with E-state index in [9.17, 15) is 0 Å². The molecule has 0 saturated carbocycles. The fourth-order valence-electron chi connectivity index (χ4n) is 0.282. The lowest BCUT2D eigenvalue weighted by molar-refractivity contribution is 0.0467. The fraction of sp³-hybridized carbons (Fsp3) is 0.500. The van der Waals surface area contributed by atoms with Crippen LogP contribution in [0.3, 0.4) is 0 Å². The lowest BCUT2D eigenvalue weighted by Gasteiger charge is -2.17. The van der Waals surface area contributed by atoms with E-state index >= 15 is 0 Å². The quantitative estimate of drug-likeness (QED) is 0.415. The molecule has 1 unspecified atom stereocenters. The van der Waals surface area contributed by atoms with Crippen LogP contribution in [0.4, 0.5) is 0 Å². The topological polar surface area (TPSA) is 33.0 Å². The maximum atomic E-state index is 7.98. The van der Waals surface area contributed by atoms with Crippen LogP contribution >= 0.6 is 0 Å². The van der Waals surface area contributed by atoms with Gasteiger partial charge in [0, 0.05) is 6.42 Å². The van der Waals surface area contributed by atoms with E-state index < -0.39 is 0 Å². The zero-order chi connectivity index (χ0) is 4.41. The first-order chi connectivity index (χ1) is 2.93. The molecule has 0 aromatic rings. The van der Waals surface area contributed by atoms with E-state index in [0.29, 0.717) is 6.61 Å². The van der Waals surface area contributed by atoms with Crippen molar-refractivity contribution in [2.45, 2.75) is 6.10 Å². The molecular formula is C4H4NO. The highest BCUT2D eigenvalue weighted by atomic mass is 16.5. The maximum absolute atomic E-state index is 7.98. The Morgan fingerprint density at radius 2 is 2.67 bits per heavy atom. The standard InChI is InChI=1S/C4H4NO/c5-3-4-1-2-6-4/h1,4H,2H2. The van der Waals surface area contributed by atoms with Gasteiger partial charge >= 0.3 is 0 Å². The predicted octanol–water partition coefficient (Wildman–Crippen LogP) is 0.113. The Morgan fingerprint density at radius 1 is 2.00 bits per heavy atom. The molecule has 1 fully saturated rings. The van der Waals surface area contributed by atoms with Crippen molar-refractivity contribution in [2.75, 3.05) is 6.61 Å². The minimum absolute atomic E-state index is 0.204. The highest BCUT2D eigenvalue weighted by Crippen LogP contribution is 2.05. The van der Waals surface area contributed by atoms with Gasteiger partial charge in [0.05, 0.1) is 12.7 Å². The normalized spacial score (nSPS) is 30.8. The highest BCUT2D eigenvalue weighted by molar-refractivity contribution is 5.01. The molecule has 0 aliphatic carbocycles. The summed E-state index contributed by atoms with van der Waals surface area (Å²) in [7, 11) is 0. The molecule has 1 heterocycles. The molecular weight excluding hydrogens is 78.0 g/mol. The second-order valence-electron chi connectivity index (χ2n) is 1.12. The molecule has 31 valence electrons. The molecule has 6 heavy (non-hydrogen) atoms. The van der Waals surface area contributed by atoms with Gasteiger partial charge in [-0.25, -0.2) is 0 Å². The van der Waals surface area contributed by atoms with Crippen molar-refractivity contribution >= 4 is 0 Å². The summed E-state index contributed by atoms with van der Waals surface area (Å²) in [6, 6.07) is 1.92. The number of hydrogen-bond acceptors (Lipinski definition) is 2. The summed E-state index contributed by atoms with van der Waals surface area (Å²) in [5.41, 5.74) is 0. The Kier molecular flexibility index (Phi) is 0.771. The molecule has 0 N–H and O–H groups in total. The maximum Gasteiger partial charge on any atom is 0.149 e. The molecule has 2 nitrogen and oxygen atoms in total. The molecule has 1 aliphatic rings. The van der Waals surface area contributed by atoms with Gasteiger partial charge in [-0.05, 0) is 0 Å². The number of nitriles is 1. The van der Waals surface area contributed by atoms with E-state index in [4.69, 9.17) is 5.26 Å². The lowest BCUT2D eigenvalue weighted by atomic mass is 10.2. The molecule has 0 aromatic heterocycles. The predicted molar refractivity (Wildman–Crippen MR) is 19.7 cm³/mol. The van der Waals surface area contributed by atoms with Gasteiger partial charge in [-0.15, -0.1) is 0 Å². The van der Waals surface area contributed by atoms with E-state index in [1.54, 1.807) is 0 Å². The van der Waals surface area contributed by atoms with Gasteiger partial charge < -0.3 is 4.74 Å². The SMILES string of the molecule is N#CC1[CH]CO1. The zero-order valence-electron chi connectivity index (χ0n) is 3.22. The number of nitrogens with zero attached hydrogens (tertiary/aromatic N) is 1. The Hall–Kier alpha value is -0.550. The van der Waals surface area contributed by atoms with E-state index in [1.165, 1.54) is 0 Å². The summed E-state index contributed by atoms with van der Waals surface area (Å²) in [5.74, 6) is 0. The Morgan fingerprint density at radius 3 is 2.67 bits per heavy atom. The summed E-state index contributed by atoms with van der Waals surface area (Å²) < 4.78 is 4.66. The van der Waals surface area contributed by atoms with Gasteiger partial charge in [0.25, 0.3) is 0 Å². The Balaban J connectivity index is 2.22. The van der Waals surface area contributed by atoms with Gasteiger partial charge in [-0.2, -0.15) is 5.26 Å². The second kappa shape index (κ2) is 1.27. The molecule has 2 heteroatoms. The van der Waals surface area contributed by atoms with Crippen molar-refractivity contribution < 1.29 is 4.74 Å². The fourth-order valence-corrected chi connectivity index (χ4v) is 0.282. The number of hydrogen-bond donors (Lipinski definition) is 0. The average Bonchev–Trinajstić information content (AvgIpc) is 1.31. The number of ether oxygens (including phenoxy) is 1. The minimum atomic E-state index is -0.204. The highest BCUT2D eigenvalue weighted by Gasteiger charge is 2.16. The van der Waals surface area contributed by atoms with Crippen LogP contribution in [0.25, 0.3) is 0 Å². The van der Waals surface area contributed by atoms with Crippen LogP contribution in [-0.4, -0.2) is 12.7 Å². The van der Waals surface area contributed by atoms with Gasteiger partial charge in [0.2, 0.25) is 0 Å². The monoisotopic (exact) mass is 82.0 g/mol. The smallest absolute Gasteiger partial charge is 0.149 e. The van der Waals surface area contributed by atoms with Gasteiger partial charge in [0.1, 0.15) is 6.10 Å². The van der Waals surface area contributed by atoms with Gasteiger partial charge in [0.15, 0.2) is 0 Å². The molecule has 1 rings (SSSR count). The second-order valence-corrected chi connectivity index (χ2v) is 1.12. The van der Waals surface area contributed by atoms with Gasteiger partial charge in [-0.1, -0.05) is 0 Å². The van der Waals surface area contributed by atoms with Crippen LogP contribution in [0.1, 0.15) is 0 Å². The summed E-state index contributed by atoms with van der Waals surface area (Å²) in [5, 5.41) is 7.98.